The van der Waals surface area contributed by atoms with E-state index in [2.05, 4.69) is 9.72 Å². The maximum Gasteiger partial charge on any atom is 0.311 e. The van der Waals surface area contributed by atoms with Gasteiger partial charge in [-0.05, 0) is 0 Å². The quantitative estimate of drug-likeness (QED) is 0.464. The number of carbonyl (C=O) groups is 1. The van der Waals surface area contributed by atoms with Crippen molar-refractivity contribution < 1.29 is 30.0 Å². The molecule has 2 rings (SSSR count). The van der Waals surface area contributed by atoms with E-state index >= 15 is 0 Å². The van der Waals surface area contributed by atoms with Crippen molar-refractivity contribution >= 4 is 5.97 Å². The first-order valence-electron chi connectivity index (χ1n) is 5.79. The molecule has 0 fully saturated rings. The van der Waals surface area contributed by atoms with Gasteiger partial charge in [0.15, 0.2) is 0 Å². The van der Waals surface area contributed by atoms with Gasteiger partial charge in [-0.3, -0.25) is 4.79 Å². The van der Waals surface area contributed by atoms with E-state index in [4.69, 9.17) is 0 Å². The SMILES string of the molecule is COC(=O)Cc1cn2c(n1)[C@@H](O)[C@@H](O)[C@H](O)[C@H]2CO. The zero-order valence-electron chi connectivity index (χ0n) is 10.3. The third-order valence-corrected chi connectivity index (χ3v) is 3.24. The van der Waals surface area contributed by atoms with E-state index in [1.54, 1.807) is 0 Å². The van der Waals surface area contributed by atoms with E-state index < -0.39 is 36.9 Å². The Hall–Kier alpha value is -1.48. The van der Waals surface area contributed by atoms with Crippen LogP contribution in [0.2, 0.25) is 0 Å². The Morgan fingerprint density at radius 2 is 2.11 bits per heavy atom. The fourth-order valence-corrected chi connectivity index (χ4v) is 2.18. The Balaban J connectivity index is 2.35. The van der Waals surface area contributed by atoms with Crippen LogP contribution in [0.1, 0.15) is 23.7 Å². The van der Waals surface area contributed by atoms with Gasteiger partial charge in [0, 0.05) is 6.20 Å². The largest absolute Gasteiger partial charge is 0.469 e. The molecule has 0 radical (unpaired) electrons. The summed E-state index contributed by atoms with van der Waals surface area (Å²) in [6.07, 6.45) is -2.76. The van der Waals surface area contributed by atoms with Crippen LogP contribution in [0.4, 0.5) is 0 Å². The van der Waals surface area contributed by atoms with Crippen LogP contribution in [0.5, 0.6) is 0 Å². The van der Waals surface area contributed by atoms with Gasteiger partial charge in [0.05, 0.1) is 31.9 Å². The summed E-state index contributed by atoms with van der Waals surface area (Å²) in [7, 11) is 1.25. The molecule has 0 aromatic carbocycles. The van der Waals surface area contributed by atoms with Crippen LogP contribution in [0.15, 0.2) is 6.20 Å². The van der Waals surface area contributed by atoms with E-state index in [-0.39, 0.29) is 12.2 Å². The van der Waals surface area contributed by atoms with E-state index in [1.165, 1.54) is 17.9 Å². The molecular formula is C11H16N2O6. The number of imidazole rings is 1. The molecule has 0 saturated carbocycles. The lowest BCUT2D eigenvalue weighted by Crippen LogP contribution is -2.46. The number of aromatic nitrogens is 2. The lowest BCUT2D eigenvalue weighted by atomic mass is 9.96. The van der Waals surface area contributed by atoms with Crippen LogP contribution >= 0.6 is 0 Å². The molecule has 19 heavy (non-hydrogen) atoms. The molecule has 4 N–H and O–H groups in total. The molecule has 0 bridgehead atoms. The summed E-state index contributed by atoms with van der Waals surface area (Å²) in [5.74, 6) is -0.387. The Bertz CT molecular complexity index is 474. The van der Waals surface area contributed by atoms with Crippen LogP contribution in [0.25, 0.3) is 0 Å². The number of fused-ring (bicyclic) bond motifs is 1. The average Bonchev–Trinajstić information content (AvgIpc) is 2.80. The van der Waals surface area contributed by atoms with Crippen molar-refractivity contribution in [2.24, 2.45) is 0 Å². The molecule has 2 heterocycles. The molecule has 1 aliphatic heterocycles. The molecule has 106 valence electrons. The summed E-state index contributed by atoms with van der Waals surface area (Å²) < 4.78 is 5.88. The molecule has 0 spiro atoms. The first kappa shape index (κ1) is 13.9. The van der Waals surface area contributed by atoms with Gasteiger partial charge in [0.2, 0.25) is 0 Å². The summed E-state index contributed by atoms with van der Waals surface area (Å²) in [6, 6.07) is -0.813. The molecule has 0 saturated heterocycles. The summed E-state index contributed by atoms with van der Waals surface area (Å²) in [4.78, 5) is 15.2. The van der Waals surface area contributed by atoms with Gasteiger partial charge in [-0.15, -0.1) is 0 Å². The minimum Gasteiger partial charge on any atom is -0.469 e. The van der Waals surface area contributed by atoms with Crippen molar-refractivity contribution in [1.29, 1.82) is 0 Å². The van der Waals surface area contributed by atoms with Crippen molar-refractivity contribution in [3.8, 4) is 0 Å². The average molecular weight is 272 g/mol. The minimum atomic E-state index is -1.43. The zero-order valence-corrected chi connectivity index (χ0v) is 10.3. The summed E-state index contributed by atoms with van der Waals surface area (Å²) in [6.45, 7) is -0.425. The van der Waals surface area contributed by atoms with Crippen molar-refractivity contribution in [3.63, 3.8) is 0 Å². The summed E-state index contributed by atoms with van der Waals surface area (Å²) in [5.41, 5.74) is 0.334. The highest BCUT2D eigenvalue weighted by atomic mass is 16.5. The number of hydrogen-bond acceptors (Lipinski definition) is 7. The van der Waals surface area contributed by atoms with Crippen molar-refractivity contribution in [2.75, 3.05) is 13.7 Å². The molecule has 8 nitrogen and oxygen atoms in total. The maximum atomic E-state index is 11.2. The van der Waals surface area contributed by atoms with Gasteiger partial charge in [-0.1, -0.05) is 0 Å². The summed E-state index contributed by atoms with van der Waals surface area (Å²) >= 11 is 0. The predicted molar refractivity (Wildman–Crippen MR) is 61.0 cm³/mol. The predicted octanol–water partition coefficient (Wildman–Crippen LogP) is -2.10. The number of aliphatic hydroxyl groups excluding tert-OH is 4. The number of methoxy groups -OCH3 is 1. The molecule has 1 aromatic rings. The Kier molecular flexibility index (Phi) is 3.85. The first-order valence-corrected chi connectivity index (χ1v) is 5.79. The monoisotopic (exact) mass is 272 g/mol. The Morgan fingerprint density at radius 3 is 2.68 bits per heavy atom. The van der Waals surface area contributed by atoms with Gasteiger partial charge in [-0.25, -0.2) is 4.98 Å². The van der Waals surface area contributed by atoms with Gasteiger partial charge in [-0.2, -0.15) is 0 Å². The van der Waals surface area contributed by atoms with Crippen LogP contribution < -0.4 is 0 Å². The number of aliphatic hydroxyl groups is 4. The number of rotatable bonds is 3. The highest BCUT2D eigenvalue weighted by Gasteiger charge is 2.41. The standard InChI is InChI=1S/C11H16N2O6/c1-19-7(15)2-5-3-13-6(4-14)8(16)9(17)10(18)11(13)12-5/h3,6,8-10,14,16-18H,2,4H2,1H3/t6-,8-,9+,10+/m1/s1. The topological polar surface area (TPSA) is 125 Å². The third kappa shape index (κ3) is 2.35. The number of carbonyl (C=O) groups excluding carboxylic acids is 1. The number of hydrogen-bond donors (Lipinski definition) is 4. The first-order chi connectivity index (χ1) is 8.99. The number of ether oxygens (including phenoxy) is 1. The second-order valence-electron chi connectivity index (χ2n) is 4.43. The van der Waals surface area contributed by atoms with Crippen LogP contribution in [0.3, 0.4) is 0 Å². The van der Waals surface area contributed by atoms with Crippen LogP contribution in [0, 0.1) is 0 Å². The normalized spacial score (nSPS) is 29.9. The Morgan fingerprint density at radius 1 is 1.42 bits per heavy atom. The molecule has 0 unspecified atom stereocenters. The van der Waals surface area contributed by atoms with Gasteiger partial charge < -0.3 is 29.7 Å². The summed E-state index contributed by atoms with van der Waals surface area (Å²) in [5, 5.41) is 38.5. The molecule has 1 aliphatic rings. The smallest absolute Gasteiger partial charge is 0.311 e. The van der Waals surface area contributed by atoms with Crippen molar-refractivity contribution in [2.45, 2.75) is 30.8 Å². The van der Waals surface area contributed by atoms with Gasteiger partial charge in [0.25, 0.3) is 0 Å². The minimum absolute atomic E-state index is 0.0897. The van der Waals surface area contributed by atoms with Gasteiger partial charge in [0.1, 0.15) is 24.1 Å². The number of nitrogens with zero attached hydrogens (tertiary/aromatic N) is 2. The number of esters is 1. The molecular weight excluding hydrogens is 256 g/mol. The lowest BCUT2D eigenvalue weighted by molar-refractivity contribution is -0.139. The fraction of sp³-hybridized carbons (Fsp3) is 0.636. The third-order valence-electron chi connectivity index (χ3n) is 3.24. The van der Waals surface area contributed by atoms with E-state index in [9.17, 15) is 25.2 Å². The van der Waals surface area contributed by atoms with Crippen LogP contribution in [-0.2, 0) is 16.0 Å². The lowest BCUT2D eigenvalue weighted by Gasteiger charge is -2.35. The van der Waals surface area contributed by atoms with Crippen molar-refractivity contribution in [3.05, 3.63) is 17.7 Å². The molecule has 4 atom stereocenters. The fourth-order valence-electron chi connectivity index (χ4n) is 2.18. The van der Waals surface area contributed by atoms with Crippen molar-refractivity contribution in [1.82, 2.24) is 9.55 Å². The second-order valence-corrected chi connectivity index (χ2v) is 4.43. The van der Waals surface area contributed by atoms with E-state index in [1.807, 2.05) is 0 Å². The Labute approximate surface area is 108 Å². The molecule has 0 aliphatic carbocycles. The maximum absolute atomic E-state index is 11.2. The van der Waals surface area contributed by atoms with Gasteiger partial charge >= 0.3 is 5.97 Å². The highest BCUT2D eigenvalue weighted by molar-refractivity contribution is 5.71. The molecule has 1 aromatic heterocycles. The van der Waals surface area contributed by atoms with E-state index in [0.717, 1.165) is 0 Å². The molecule has 0 amide bonds. The van der Waals surface area contributed by atoms with Crippen LogP contribution in [-0.4, -0.2) is 61.9 Å². The molecule has 8 heteroatoms. The second kappa shape index (κ2) is 5.25. The van der Waals surface area contributed by atoms with E-state index in [0.29, 0.717) is 5.69 Å². The highest BCUT2D eigenvalue weighted by Crippen LogP contribution is 2.32. The zero-order chi connectivity index (χ0) is 14.2.